The van der Waals surface area contributed by atoms with Crippen LogP contribution in [0.25, 0.3) is 0 Å². The molecule has 0 saturated carbocycles. The average Bonchev–Trinajstić information content (AvgIpc) is 1.99. The molecule has 1 heterocycles. The van der Waals surface area contributed by atoms with E-state index in [1.165, 1.54) is 0 Å². The fraction of sp³-hybridized carbons (Fsp3) is 0.889. The zero-order valence-electron chi connectivity index (χ0n) is 8.29. The Kier molecular flexibility index (Phi) is 3.69. The molecule has 0 bridgehead atoms. The van der Waals surface area contributed by atoms with Gasteiger partial charge in [-0.15, -0.1) is 0 Å². The van der Waals surface area contributed by atoms with Gasteiger partial charge >= 0.3 is 0 Å². The number of carbonyl (C=O) groups is 1. The lowest BCUT2D eigenvalue weighted by Crippen LogP contribution is -2.54. The summed E-state index contributed by atoms with van der Waals surface area (Å²) in [6.45, 7) is 6.07. The van der Waals surface area contributed by atoms with E-state index in [1.807, 2.05) is 13.8 Å². The van der Waals surface area contributed by atoms with E-state index >= 15 is 0 Å². The Labute approximate surface area is 78.9 Å². The third-order valence-corrected chi connectivity index (χ3v) is 2.23. The van der Waals surface area contributed by atoms with Crippen molar-refractivity contribution in [2.75, 3.05) is 26.2 Å². The third kappa shape index (κ3) is 2.97. The summed E-state index contributed by atoms with van der Waals surface area (Å²) < 4.78 is 0. The molecule has 4 heteroatoms. The van der Waals surface area contributed by atoms with Gasteiger partial charge in [-0.2, -0.15) is 0 Å². The number of nitrogens with one attached hydrogen (secondary N) is 1. The number of amides is 1. The number of aliphatic hydroxyl groups is 1. The van der Waals surface area contributed by atoms with Gasteiger partial charge in [-0.25, -0.2) is 0 Å². The molecule has 1 amide bonds. The number of hydrogen-bond donors (Lipinski definition) is 2. The third-order valence-electron chi connectivity index (χ3n) is 2.23. The minimum atomic E-state index is 0.137. The van der Waals surface area contributed by atoms with E-state index in [0.29, 0.717) is 18.5 Å². The average molecular weight is 186 g/mol. The summed E-state index contributed by atoms with van der Waals surface area (Å²) >= 11 is 0. The van der Waals surface area contributed by atoms with E-state index in [-0.39, 0.29) is 12.5 Å². The van der Waals surface area contributed by atoms with E-state index < -0.39 is 0 Å². The molecule has 0 aromatic carbocycles. The molecule has 13 heavy (non-hydrogen) atoms. The Balaban J connectivity index is 2.12. The highest BCUT2D eigenvalue weighted by Crippen LogP contribution is 2.13. The number of aliphatic hydroxyl groups excluding tert-OH is 1. The number of likely N-dealkylation sites (tertiary alicyclic amines) is 1. The van der Waals surface area contributed by atoms with Gasteiger partial charge in [-0.1, -0.05) is 13.8 Å². The van der Waals surface area contributed by atoms with Crippen molar-refractivity contribution in [2.24, 2.45) is 5.92 Å². The quantitative estimate of drug-likeness (QED) is 0.618. The Bertz CT molecular complexity index is 176. The minimum Gasteiger partial charge on any atom is -0.396 e. The Morgan fingerprint density at radius 2 is 2.23 bits per heavy atom. The molecule has 0 spiro atoms. The van der Waals surface area contributed by atoms with E-state index in [2.05, 4.69) is 5.32 Å². The molecule has 1 aliphatic rings. The molecule has 0 aliphatic carbocycles. The first-order chi connectivity index (χ1) is 6.13. The van der Waals surface area contributed by atoms with Crippen LogP contribution in [0.5, 0.6) is 0 Å². The van der Waals surface area contributed by atoms with Crippen molar-refractivity contribution in [2.45, 2.75) is 19.9 Å². The van der Waals surface area contributed by atoms with Crippen molar-refractivity contribution in [1.29, 1.82) is 0 Å². The van der Waals surface area contributed by atoms with Crippen molar-refractivity contribution in [3.63, 3.8) is 0 Å². The molecule has 76 valence electrons. The fourth-order valence-electron chi connectivity index (χ4n) is 1.29. The van der Waals surface area contributed by atoms with Crippen LogP contribution in [-0.2, 0) is 4.79 Å². The maximum atomic E-state index is 11.4. The van der Waals surface area contributed by atoms with Crippen LogP contribution in [0.15, 0.2) is 0 Å². The van der Waals surface area contributed by atoms with E-state index in [0.717, 1.165) is 13.1 Å². The van der Waals surface area contributed by atoms with Gasteiger partial charge in [0.2, 0.25) is 5.91 Å². The molecule has 1 rings (SSSR count). The van der Waals surface area contributed by atoms with Gasteiger partial charge < -0.3 is 15.3 Å². The van der Waals surface area contributed by atoms with Crippen LogP contribution in [0.2, 0.25) is 0 Å². The smallest absolute Gasteiger partial charge is 0.236 e. The molecule has 2 N–H and O–H groups in total. The van der Waals surface area contributed by atoms with Crippen LogP contribution in [0.1, 0.15) is 13.8 Å². The lowest BCUT2D eigenvalue weighted by Gasteiger charge is -2.38. The molecule has 1 saturated heterocycles. The SMILES string of the molecule is CC(C)NCC(=O)N1CC(CO)C1. The number of rotatable bonds is 4. The summed E-state index contributed by atoms with van der Waals surface area (Å²) in [6, 6.07) is 0.346. The second kappa shape index (κ2) is 4.58. The van der Waals surface area contributed by atoms with Crippen LogP contribution in [0.4, 0.5) is 0 Å². The monoisotopic (exact) mass is 186 g/mol. The van der Waals surface area contributed by atoms with E-state index in [9.17, 15) is 4.79 Å². The van der Waals surface area contributed by atoms with Crippen molar-refractivity contribution < 1.29 is 9.90 Å². The number of hydrogen-bond acceptors (Lipinski definition) is 3. The second-order valence-electron chi connectivity index (χ2n) is 3.88. The van der Waals surface area contributed by atoms with Crippen molar-refractivity contribution >= 4 is 5.91 Å². The first-order valence-electron chi connectivity index (χ1n) is 4.75. The maximum Gasteiger partial charge on any atom is 0.236 e. The van der Waals surface area contributed by atoms with Gasteiger partial charge in [0.15, 0.2) is 0 Å². The Morgan fingerprint density at radius 3 is 2.69 bits per heavy atom. The van der Waals surface area contributed by atoms with Crippen LogP contribution < -0.4 is 5.32 Å². The zero-order valence-corrected chi connectivity index (χ0v) is 8.29. The highest BCUT2D eigenvalue weighted by atomic mass is 16.3. The van der Waals surface area contributed by atoms with E-state index in [4.69, 9.17) is 5.11 Å². The topological polar surface area (TPSA) is 52.6 Å². The van der Waals surface area contributed by atoms with Gasteiger partial charge in [0.05, 0.1) is 6.54 Å². The van der Waals surface area contributed by atoms with E-state index in [1.54, 1.807) is 4.90 Å². The molecular weight excluding hydrogens is 168 g/mol. The summed E-state index contributed by atoms with van der Waals surface area (Å²) in [6.07, 6.45) is 0. The second-order valence-corrected chi connectivity index (χ2v) is 3.88. The summed E-state index contributed by atoms with van der Waals surface area (Å²) in [5.41, 5.74) is 0. The summed E-state index contributed by atoms with van der Waals surface area (Å²) in [4.78, 5) is 13.1. The first kappa shape index (κ1) is 10.5. The van der Waals surface area contributed by atoms with Crippen LogP contribution >= 0.6 is 0 Å². The molecule has 1 fully saturated rings. The number of nitrogens with zero attached hydrogens (tertiary/aromatic N) is 1. The van der Waals surface area contributed by atoms with Crippen molar-refractivity contribution in [1.82, 2.24) is 10.2 Å². The molecule has 1 aliphatic heterocycles. The van der Waals surface area contributed by atoms with Crippen LogP contribution in [-0.4, -0.2) is 48.2 Å². The predicted octanol–water partition coefficient (Wildman–Crippen LogP) is -0.565. The number of carbonyl (C=O) groups excluding carboxylic acids is 1. The van der Waals surface area contributed by atoms with Gasteiger partial charge in [0.25, 0.3) is 0 Å². The largest absolute Gasteiger partial charge is 0.396 e. The maximum absolute atomic E-state index is 11.4. The molecule has 0 atom stereocenters. The lowest BCUT2D eigenvalue weighted by atomic mass is 10.0. The van der Waals surface area contributed by atoms with Crippen molar-refractivity contribution in [3.05, 3.63) is 0 Å². The highest BCUT2D eigenvalue weighted by molar-refractivity contribution is 5.79. The Morgan fingerprint density at radius 1 is 1.62 bits per heavy atom. The van der Waals surface area contributed by atoms with Crippen LogP contribution in [0.3, 0.4) is 0 Å². The molecule has 0 unspecified atom stereocenters. The zero-order chi connectivity index (χ0) is 9.84. The van der Waals surface area contributed by atoms with Gasteiger partial charge in [-0.3, -0.25) is 4.79 Å². The minimum absolute atomic E-state index is 0.137. The normalized spacial score (nSPS) is 17.7. The van der Waals surface area contributed by atoms with Gasteiger partial charge in [0.1, 0.15) is 0 Å². The molecular formula is C9H18N2O2. The fourth-order valence-corrected chi connectivity index (χ4v) is 1.29. The Hall–Kier alpha value is -0.610. The van der Waals surface area contributed by atoms with Crippen LogP contribution in [0, 0.1) is 5.92 Å². The summed E-state index contributed by atoms with van der Waals surface area (Å²) in [7, 11) is 0. The lowest BCUT2D eigenvalue weighted by molar-refractivity contribution is -0.137. The molecule has 0 radical (unpaired) electrons. The summed E-state index contributed by atoms with van der Waals surface area (Å²) in [5, 5.41) is 11.8. The standard InChI is InChI=1S/C9H18N2O2/c1-7(2)10-3-9(13)11-4-8(5-11)6-12/h7-8,10,12H,3-6H2,1-2H3. The molecule has 4 nitrogen and oxygen atoms in total. The molecule has 0 aromatic rings. The highest BCUT2D eigenvalue weighted by Gasteiger charge is 2.29. The van der Waals surface area contributed by atoms with Gasteiger partial charge in [0, 0.05) is 31.7 Å². The van der Waals surface area contributed by atoms with Gasteiger partial charge in [-0.05, 0) is 0 Å². The first-order valence-corrected chi connectivity index (χ1v) is 4.75. The van der Waals surface area contributed by atoms with Crippen molar-refractivity contribution in [3.8, 4) is 0 Å². The molecule has 0 aromatic heterocycles. The predicted molar refractivity (Wildman–Crippen MR) is 50.3 cm³/mol. The summed E-state index contributed by atoms with van der Waals surface area (Å²) in [5.74, 6) is 0.446.